The van der Waals surface area contributed by atoms with Gasteiger partial charge in [0.15, 0.2) is 38.0 Å². The summed E-state index contributed by atoms with van der Waals surface area (Å²) >= 11 is 1.00. The molecular weight excluding hydrogens is 605 g/mol. The quantitative estimate of drug-likeness (QED) is 0.0988. The number of benzene rings is 4. The van der Waals surface area contributed by atoms with Crippen molar-refractivity contribution in [2.75, 3.05) is 7.11 Å². The summed E-state index contributed by atoms with van der Waals surface area (Å²) in [6.45, 7) is 0. The fourth-order valence-corrected chi connectivity index (χ4v) is 7.86. The van der Waals surface area contributed by atoms with Crippen LogP contribution in [0.4, 0.5) is 30.7 Å². The molecule has 0 amide bonds. The molecule has 0 radical (unpaired) electrons. The van der Waals surface area contributed by atoms with Gasteiger partial charge < -0.3 is 9.29 Å². The van der Waals surface area contributed by atoms with Crippen LogP contribution in [0.2, 0.25) is 0 Å². The third kappa shape index (κ3) is 5.80. The van der Waals surface area contributed by atoms with Crippen molar-refractivity contribution in [1.29, 1.82) is 0 Å². The Morgan fingerprint density at radius 1 is 0.700 bits per heavy atom. The predicted octanol–water partition coefficient (Wildman–Crippen LogP) is 7.31. The molecule has 14 heteroatoms. The Bertz CT molecular complexity index is 1600. The van der Waals surface area contributed by atoms with Crippen molar-refractivity contribution < 1.29 is 48.4 Å². The van der Waals surface area contributed by atoms with Crippen molar-refractivity contribution in [2.45, 2.75) is 30.0 Å². The Kier molecular flexibility index (Phi) is 8.45. The number of halogens is 7. The van der Waals surface area contributed by atoms with E-state index in [0.717, 1.165) is 55.3 Å². The second-order valence-electron chi connectivity index (χ2n) is 7.87. The van der Waals surface area contributed by atoms with Gasteiger partial charge in [0.2, 0.25) is 0 Å². The molecule has 0 saturated heterocycles. The van der Waals surface area contributed by atoms with Crippen LogP contribution in [-0.4, -0.2) is 26.1 Å². The highest BCUT2D eigenvalue weighted by Crippen LogP contribution is 2.49. The molecule has 1 aliphatic heterocycles. The lowest BCUT2D eigenvalue weighted by Gasteiger charge is -2.19. The topological polar surface area (TPSA) is 63.6 Å². The van der Waals surface area contributed by atoms with Crippen LogP contribution in [0.3, 0.4) is 0 Å². The lowest BCUT2D eigenvalue weighted by molar-refractivity contribution is -0.0500. The highest BCUT2D eigenvalue weighted by Gasteiger charge is 2.48. The van der Waals surface area contributed by atoms with E-state index in [2.05, 4.69) is 4.18 Å². The van der Waals surface area contributed by atoms with E-state index in [-0.39, 0.29) is 0 Å². The van der Waals surface area contributed by atoms with Crippen LogP contribution in [-0.2, 0) is 21.0 Å². The van der Waals surface area contributed by atoms with Crippen molar-refractivity contribution in [3.05, 3.63) is 96.1 Å². The molecule has 0 unspecified atom stereocenters. The van der Waals surface area contributed by atoms with Crippen molar-refractivity contribution in [3.8, 4) is 16.9 Å². The Balaban J connectivity index is 0.00000181. The Hall–Kier alpha value is -3.20. The van der Waals surface area contributed by atoms with E-state index in [1.54, 1.807) is 24.3 Å². The van der Waals surface area contributed by atoms with Gasteiger partial charge in [-0.2, -0.15) is 21.6 Å². The molecule has 1 heterocycles. The zero-order valence-electron chi connectivity index (χ0n) is 20.0. The molecule has 210 valence electrons. The summed E-state index contributed by atoms with van der Waals surface area (Å²) in [6, 6.07) is 15.5. The second-order valence-corrected chi connectivity index (χ2v) is 12.5. The molecule has 1 N–H and O–H groups in total. The van der Waals surface area contributed by atoms with Gasteiger partial charge in [-0.25, -0.2) is 17.6 Å². The Morgan fingerprint density at radius 3 is 1.52 bits per heavy atom. The van der Waals surface area contributed by atoms with Crippen molar-refractivity contribution >= 4 is 32.8 Å². The normalized spacial score (nSPS) is 13.1. The zero-order chi connectivity index (χ0) is 29.4. The maximum atomic E-state index is 14.2. The van der Waals surface area contributed by atoms with Crippen LogP contribution in [0, 0.1) is 23.3 Å². The molecule has 4 nitrogen and oxygen atoms in total. The molecule has 0 aliphatic carbocycles. The van der Waals surface area contributed by atoms with E-state index in [1.807, 2.05) is 0 Å². The maximum Gasteiger partial charge on any atom is 0.534 e. The fraction of sp³-hybridized carbons (Fsp3) is 0.0769. The summed E-state index contributed by atoms with van der Waals surface area (Å²) in [5.74, 6) is -4.84. The molecule has 0 atom stereocenters. The third-order valence-electron chi connectivity index (χ3n) is 5.40. The summed E-state index contributed by atoms with van der Waals surface area (Å²) in [5, 5.41) is 7.00. The van der Waals surface area contributed by atoms with Crippen LogP contribution in [0.15, 0.2) is 97.3 Å². The average Bonchev–Trinajstić information content (AvgIpc) is 2.90. The minimum Gasteiger partial charge on any atom is -0.400 e. The molecule has 0 saturated carbocycles. The first-order valence-corrected chi connectivity index (χ1v) is 14.4. The summed E-state index contributed by atoms with van der Waals surface area (Å²) < 4.78 is 120. The Morgan fingerprint density at radius 2 is 1.10 bits per heavy atom. The van der Waals surface area contributed by atoms with E-state index >= 15 is 0 Å². The monoisotopic (exact) mass is 621 g/mol. The number of aliphatic hydroxyl groups is 1. The molecule has 0 fully saturated rings. The molecule has 0 aromatic heterocycles. The number of fused-ring (bicyclic) bond motifs is 2. The van der Waals surface area contributed by atoms with Gasteiger partial charge in [-0.1, -0.05) is 23.9 Å². The number of hydrogen-bond donors (Lipinski definition) is 1. The van der Waals surface area contributed by atoms with Gasteiger partial charge >= 0.3 is 15.6 Å². The molecule has 0 spiro atoms. The van der Waals surface area contributed by atoms with E-state index in [4.69, 9.17) is 5.11 Å². The fourth-order valence-electron chi connectivity index (χ4n) is 3.65. The average molecular weight is 622 g/mol. The summed E-state index contributed by atoms with van der Waals surface area (Å²) in [5.41, 5.74) is -4.47. The first kappa shape index (κ1) is 29.8. The van der Waals surface area contributed by atoms with Gasteiger partial charge in [-0.15, -0.1) is 0 Å². The number of rotatable bonds is 4. The molecule has 40 heavy (non-hydrogen) atoms. The highest BCUT2D eigenvalue weighted by molar-refractivity contribution is 8.04. The van der Waals surface area contributed by atoms with Crippen LogP contribution in [0.1, 0.15) is 0 Å². The van der Waals surface area contributed by atoms with E-state index in [0.29, 0.717) is 35.6 Å². The Labute approximate surface area is 230 Å². The standard InChI is InChI=1S/C25H12F7O3S3.CH4O/c26-17-9-21-23(11-19(17)28)37(24-12-20(29)18(27)10-22(24)36-21)16-7-3-14(4-8-16)13-1-5-15(6-2-13)35-38(33,34)25(30,31)32;1-2/h1-12H;2H,1H3/q+1;. The van der Waals surface area contributed by atoms with Gasteiger partial charge in [0.05, 0.1) is 9.79 Å². The van der Waals surface area contributed by atoms with E-state index in [9.17, 15) is 39.2 Å². The summed E-state index contributed by atoms with van der Waals surface area (Å²) in [6.07, 6.45) is 0. The van der Waals surface area contributed by atoms with Gasteiger partial charge in [-0.3, -0.25) is 0 Å². The predicted molar refractivity (Wildman–Crippen MR) is 135 cm³/mol. The third-order valence-corrected chi connectivity index (χ3v) is 10.1. The molecule has 5 rings (SSSR count). The smallest absolute Gasteiger partial charge is 0.400 e. The van der Waals surface area contributed by atoms with Crippen LogP contribution in [0.25, 0.3) is 11.1 Å². The number of alkyl halides is 3. The van der Waals surface area contributed by atoms with E-state index < -0.39 is 55.5 Å². The lowest BCUT2D eigenvalue weighted by Crippen LogP contribution is -2.28. The molecular formula is C26H16F7O4S3+. The minimum absolute atomic E-state index is 0.360. The van der Waals surface area contributed by atoms with E-state index in [1.165, 1.54) is 12.1 Å². The van der Waals surface area contributed by atoms with Crippen LogP contribution < -0.4 is 4.18 Å². The SMILES string of the molecule is CO.O=S(=O)(Oc1ccc(-c2ccc([S+]3c4cc(F)c(F)cc4Sc4cc(F)c(F)cc43)cc2)cc1)C(F)(F)F. The maximum absolute atomic E-state index is 14.2. The minimum atomic E-state index is -5.81. The van der Waals surface area contributed by atoms with Crippen molar-refractivity contribution in [1.82, 2.24) is 0 Å². The van der Waals surface area contributed by atoms with Crippen LogP contribution >= 0.6 is 11.8 Å². The van der Waals surface area contributed by atoms with Crippen molar-refractivity contribution in [3.63, 3.8) is 0 Å². The van der Waals surface area contributed by atoms with Gasteiger partial charge in [0, 0.05) is 19.2 Å². The molecule has 1 aliphatic rings. The first-order valence-electron chi connectivity index (χ1n) is 10.9. The largest absolute Gasteiger partial charge is 0.534 e. The number of aliphatic hydroxyl groups excluding tert-OH is 1. The molecule has 4 aromatic rings. The first-order chi connectivity index (χ1) is 18.8. The van der Waals surface area contributed by atoms with Crippen molar-refractivity contribution in [2.24, 2.45) is 0 Å². The van der Waals surface area contributed by atoms with Gasteiger partial charge in [-0.05, 0) is 59.7 Å². The highest BCUT2D eigenvalue weighted by atomic mass is 32.2. The van der Waals surface area contributed by atoms with Crippen LogP contribution in [0.5, 0.6) is 5.75 Å². The molecule has 0 bridgehead atoms. The molecule has 4 aromatic carbocycles. The summed E-state index contributed by atoms with van der Waals surface area (Å²) in [7, 11) is -5.92. The number of hydrogen-bond acceptors (Lipinski definition) is 5. The zero-order valence-corrected chi connectivity index (χ0v) is 22.4. The van der Waals surface area contributed by atoms with Gasteiger partial charge in [0.25, 0.3) is 0 Å². The van der Waals surface area contributed by atoms with Gasteiger partial charge in [0.1, 0.15) is 16.6 Å². The lowest BCUT2D eigenvalue weighted by atomic mass is 10.1. The summed E-state index contributed by atoms with van der Waals surface area (Å²) in [4.78, 5) is 2.10. The second kappa shape index (κ2) is 11.4.